The summed E-state index contributed by atoms with van der Waals surface area (Å²) >= 11 is 0. The SMILES string of the molecule is COC[C@@H]1CC(F)(F)CN1[C@H](C)C(=O)O. The first-order valence-electron chi connectivity index (χ1n) is 4.72. The van der Waals surface area contributed by atoms with Crippen LogP contribution in [0.3, 0.4) is 0 Å². The number of hydrogen-bond donors (Lipinski definition) is 1. The number of likely N-dealkylation sites (tertiary alicyclic amines) is 1. The minimum atomic E-state index is -2.81. The fourth-order valence-corrected chi connectivity index (χ4v) is 1.86. The van der Waals surface area contributed by atoms with Crippen molar-refractivity contribution < 1.29 is 23.4 Å². The van der Waals surface area contributed by atoms with Gasteiger partial charge in [0.15, 0.2) is 0 Å². The number of nitrogens with zero attached hydrogens (tertiary/aromatic N) is 1. The second kappa shape index (κ2) is 4.40. The summed E-state index contributed by atoms with van der Waals surface area (Å²) in [6, 6.07) is -1.42. The van der Waals surface area contributed by atoms with Crippen molar-refractivity contribution in [3.05, 3.63) is 0 Å². The van der Waals surface area contributed by atoms with Crippen molar-refractivity contribution in [3.63, 3.8) is 0 Å². The van der Waals surface area contributed by atoms with E-state index in [2.05, 4.69) is 0 Å². The molecule has 0 unspecified atom stereocenters. The highest BCUT2D eigenvalue weighted by Gasteiger charge is 2.47. The van der Waals surface area contributed by atoms with Crippen LogP contribution in [0.5, 0.6) is 0 Å². The van der Waals surface area contributed by atoms with Crippen LogP contribution in [0.1, 0.15) is 13.3 Å². The van der Waals surface area contributed by atoms with Crippen LogP contribution in [-0.2, 0) is 9.53 Å². The van der Waals surface area contributed by atoms with Crippen molar-refractivity contribution in [3.8, 4) is 0 Å². The van der Waals surface area contributed by atoms with Gasteiger partial charge in [-0.3, -0.25) is 9.69 Å². The van der Waals surface area contributed by atoms with Crippen LogP contribution in [0.15, 0.2) is 0 Å². The summed E-state index contributed by atoms with van der Waals surface area (Å²) in [4.78, 5) is 12.0. The Balaban J connectivity index is 2.72. The average Bonchev–Trinajstić information content (AvgIpc) is 2.40. The van der Waals surface area contributed by atoms with E-state index in [0.29, 0.717) is 0 Å². The number of carboxylic acids is 1. The zero-order valence-electron chi connectivity index (χ0n) is 8.74. The molecule has 0 aromatic rings. The van der Waals surface area contributed by atoms with Gasteiger partial charge in [0.2, 0.25) is 0 Å². The Labute approximate surface area is 86.8 Å². The molecular formula is C9H15F2NO3. The summed E-state index contributed by atoms with van der Waals surface area (Å²) in [6.45, 7) is 1.04. The third kappa shape index (κ3) is 2.85. The van der Waals surface area contributed by atoms with E-state index in [1.54, 1.807) is 0 Å². The lowest BCUT2D eigenvalue weighted by Gasteiger charge is -2.26. The maximum atomic E-state index is 13.1. The smallest absolute Gasteiger partial charge is 0.320 e. The molecule has 4 nitrogen and oxygen atoms in total. The minimum absolute atomic E-state index is 0.132. The first kappa shape index (κ1) is 12.3. The van der Waals surface area contributed by atoms with Crippen LogP contribution >= 0.6 is 0 Å². The second-order valence-corrected chi connectivity index (χ2v) is 3.86. The largest absolute Gasteiger partial charge is 0.480 e. The van der Waals surface area contributed by atoms with Gasteiger partial charge in [0.05, 0.1) is 13.2 Å². The summed E-state index contributed by atoms with van der Waals surface area (Å²) in [5.74, 6) is -3.90. The molecule has 0 saturated carbocycles. The fraction of sp³-hybridized carbons (Fsp3) is 0.889. The van der Waals surface area contributed by atoms with Gasteiger partial charge in [0, 0.05) is 19.6 Å². The van der Waals surface area contributed by atoms with Crippen molar-refractivity contribution in [2.45, 2.75) is 31.4 Å². The highest BCUT2D eigenvalue weighted by molar-refractivity contribution is 5.73. The number of ether oxygens (including phenoxy) is 1. The maximum absolute atomic E-state index is 13.1. The topological polar surface area (TPSA) is 49.8 Å². The Bertz CT molecular complexity index is 248. The lowest BCUT2D eigenvalue weighted by molar-refractivity contribution is -0.143. The number of hydrogen-bond acceptors (Lipinski definition) is 3. The molecule has 88 valence electrons. The molecule has 0 radical (unpaired) electrons. The average molecular weight is 223 g/mol. The van der Waals surface area contributed by atoms with E-state index in [0.717, 1.165) is 0 Å². The quantitative estimate of drug-likeness (QED) is 0.766. The monoisotopic (exact) mass is 223 g/mol. The Kier molecular flexibility index (Phi) is 3.62. The summed E-state index contributed by atoms with van der Waals surface area (Å²) < 4.78 is 31.0. The van der Waals surface area contributed by atoms with E-state index in [1.807, 2.05) is 0 Å². The van der Waals surface area contributed by atoms with E-state index in [4.69, 9.17) is 9.84 Å². The maximum Gasteiger partial charge on any atom is 0.320 e. The molecule has 1 heterocycles. The molecule has 0 amide bonds. The van der Waals surface area contributed by atoms with Gasteiger partial charge in [-0.1, -0.05) is 0 Å². The zero-order chi connectivity index (χ0) is 11.6. The molecule has 0 spiro atoms. The predicted octanol–water partition coefficient (Wildman–Crippen LogP) is 0.816. The van der Waals surface area contributed by atoms with Gasteiger partial charge in [0.25, 0.3) is 5.92 Å². The van der Waals surface area contributed by atoms with Gasteiger partial charge >= 0.3 is 5.97 Å². The molecule has 0 aromatic carbocycles. The molecule has 1 aliphatic rings. The molecule has 0 aromatic heterocycles. The molecule has 15 heavy (non-hydrogen) atoms. The third-order valence-electron chi connectivity index (χ3n) is 2.63. The van der Waals surface area contributed by atoms with E-state index in [-0.39, 0.29) is 13.0 Å². The Morgan fingerprint density at radius 2 is 2.33 bits per heavy atom. The first-order chi connectivity index (χ1) is 6.87. The number of methoxy groups -OCH3 is 1. The molecule has 0 aliphatic carbocycles. The van der Waals surface area contributed by atoms with Gasteiger partial charge in [-0.2, -0.15) is 0 Å². The molecule has 2 atom stereocenters. The lowest BCUT2D eigenvalue weighted by atomic mass is 10.2. The molecule has 6 heteroatoms. The zero-order valence-corrected chi connectivity index (χ0v) is 8.74. The molecule has 0 bridgehead atoms. The Hall–Kier alpha value is -0.750. The molecule has 1 aliphatic heterocycles. The Morgan fingerprint density at radius 1 is 1.73 bits per heavy atom. The van der Waals surface area contributed by atoms with Crippen LogP contribution in [0.2, 0.25) is 0 Å². The van der Waals surface area contributed by atoms with Crippen molar-refractivity contribution >= 4 is 5.97 Å². The van der Waals surface area contributed by atoms with Crippen LogP contribution in [0.4, 0.5) is 8.78 Å². The van der Waals surface area contributed by atoms with E-state index in [1.165, 1.54) is 18.9 Å². The van der Waals surface area contributed by atoms with Gasteiger partial charge < -0.3 is 9.84 Å². The molecular weight excluding hydrogens is 208 g/mol. The molecule has 1 rings (SSSR count). The van der Waals surface area contributed by atoms with Crippen molar-refractivity contribution in [2.24, 2.45) is 0 Å². The highest BCUT2D eigenvalue weighted by atomic mass is 19.3. The van der Waals surface area contributed by atoms with Gasteiger partial charge in [-0.25, -0.2) is 8.78 Å². The molecule has 1 N–H and O–H groups in total. The van der Waals surface area contributed by atoms with Gasteiger partial charge in [0.1, 0.15) is 6.04 Å². The summed E-state index contributed by atoms with van der Waals surface area (Å²) in [6.07, 6.45) is -0.335. The lowest BCUT2D eigenvalue weighted by Crippen LogP contribution is -2.44. The number of aliphatic carboxylic acids is 1. The summed E-state index contributed by atoms with van der Waals surface area (Å²) in [7, 11) is 1.42. The predicted molar refractivity (Wildman–Crippen MR) is 49.0 cm³/mol. The van der Waals surface area contributed by atoms with Crippen molar-refractivity contribution in [2.75, 3.05) is 20.3 Å². The molecule has 1 fully saturated rings. The minimum Gasteiger partial charge on any atom is -0.480 e. The number of alkyl halides is 2. The van der Waals surface area contributed by atoms with E-state index in [9.17, 15) is 13.6 Å². The first-order valence-corrected chi connectivity index (χ1v) is 4.72. The number of rotatable bonds is 4. The van der Waals surface area contributed by atoms with E-state index >= 15 is 0 Å². The van der Waals surface area contributed by atoms with Crippen molar-refractivity contribution in [1.29, 1.82) is 0 Å². The highest BCUT2D eigenvalue weighted by Crippen LogP contribution is 2.33. The van der Waals surface area contributed by atoms with Crippen LogP contribution in [0, 0.1) is 0 Å². The standard InChI is InChI=1S/C9H15F2NO3/c1-6(8(13)14)12-5-9(10,11)3-7(12)4-15-2/h6-7H,3-5H2,1-2H3,(H,13,14)/t6-,7+/m1/s1. The number of carbonyl (C=O) groups is 1. The number of carboxylic acid groups (broad SMARTS) is 1. The van der Waals surface area contributed by atoms with Gasteiger partial charge in [-0.05, 0) is 6.92 Å². The second-order valence-electron chi connectivity index (χ2n) is 3.86. The number of halogens is 2. The molecule has 1 saturated heterocycles. The summed E-state index contributed by atoms with van der Waals surface area (Å²) in [5.41, 5.74) is 0. The van der Waals surface area contributed by atoms with Crippen molar-refractivity contribution in [1.82, 2.24) is 4.90 Å². The normalized spacial score (nSPS) is 27.9. The summed E-state index contributed by atoms with van der Waals surface area (Å²) in [5, 5.41) is 8.77. The van der Waals surface area contributed by atoms with Crippen LogP contribution < -0.4 is 0 Å². The third-order valence-corrected chi connectivity index (χ3v) is 2.63. The van der Waals surface area contributed by atoms with E-state index < -0.39 is 30.5 Å². The van der Waals surface area contributed by atoms with Crippen LogP contribution in [0.25, 0.3) is 0 Å². The van der Waals surface area contributed by atoms with Crippen LogP contribution in [-0.4, -0.2) is 54.2 Å². The Morgan fingerprint density at radius 3 is 2.80 bits per heavy atom. The fourth-order valence-electron chi connectivity index (χ4n) is 1.86. The van der Waals surface area contributed by atoms with Gasteiger partial charge in [-0.15, -0.1) is 0 Å².